The molecule has 0 spiro atoms. The number of hydrogen-bond donors (Lipinski definition) is 1. The Kier molecular flexibility index (Phi) is 5.26. The number of carbonyl (C=O) groups is 1. The van der Waals surface area contributed by atoms with Crippen molar-refractivity contribution in [1.29, 1.82) is 0 Å². The number of anilines is 1. The molecule has 0 aliphatic carbocycles. The lowest BCUT2D eigenvalue weighted by atomic mass is 9.97. The van der Waals surface area contributed by atoms with Crippen LogP contribution in [-0.2, 0) is 4.79 Å². The molecule has 2 aliphatic heterocycles. The highest BCUT2D eigenvalue weighted by atomic mass is 16.2. The van der Waals surface area contributed by atoms with Gasteiger partial charge in [0.1, 0.15) is 24.8 Å². The quantitative estimate of drug-likeness (QED) is 0.772. The lowest BCUT2D eigenvalue weighted by Crippen LogP contribution is -2.55. The van der Waals surface area contributed by atoms with Crippen LogP contribution in [0.4, 0.5) is 5.82 Å². The summed E-state index contributed by atoms with van der Waals surface area (Å²) >= 11 is 0. The van der Waals surface area contributed by atoms with E-state index in [1.165, 1.54) is 12.7 Å². The molecule has 1 N–H and O–H groups in total. The zero-order valence-corrected chi connectivity index (χ0v) is 15.5. The monoisotopic (exact) mass is 371 g/mol. The first kappa shape index (κ1) is 17.8. The van der Waals surface area contributed by atoms with Crippen LogP contribution in [0.2, 0.25) is 0 Å². The highest BCUT2D eigenvalue weighted by Gasteiger charge is 2.28. The Labute approximate surface area is 158 Å². The second kappa shape index (κ2) is 7.97. The molecule has 10 nitrogen and oxygen atoms in total. The maximum absolute atomic E-state index is 12.7. The average molecular weight is 371 g/mol. The van der Waals surface area contributed by atoms with E-state index in [0.717, 1.165) is 51.4 Å². The van der Waals surface area contributed by atoms with Gasteiger partial charge in [-0.15, -0.1) is 0 Å². The van der Waals surface area contributed by atoms with Gasteiger partial charge in [-0.3, -0.25) is 10.2 Å². The molecule has 27 heavy (non-hydrogen) atoms. The second-order valence-corrected chi connectivity index (χ2v) is 7.13. The summed E-state index contributed by atoms with van der Waals surface area (Å²) in [5.74, 6) is 1.55. The van der Waals surface area contributed by atoms with Crippen LogP contribution in [0.1, 0.15) is 12.8 Å². The molecule has 0 bridgehead atoms. The van der Waals surface area contributed by atoms with E-state index in [1.54, 1.807) is 11.0 Å². The molecule has 2 aromatic rings. The Bertz CT molecular complexity index is 758. The van der Waals surface area contributed by atoms with Gasteiger partial charge in [0.15, 0.2) is 5.82 Å². The van der Waals surface area contributed by atoms with E-state index in [0.29, 0.717) is 12.4 Å². The van der Waals surface area contributed by atoms with Crippen LogP contribution in [0.5, 0.6) is 0 Å². The second-order valence-electron chi connectivity index (χ2n) is 7.13. The summed E-state index contributed by atoms with van der Waals surface area (Å²) in [6.07, 6.45) is 6.47. The van der Waals surface area contributed by atoms with E-state index in [4.69, 9.17) is 0 Å². The van der Waals surface area contributed by atoms with Crippen molar-refractivity contribution in [3.8, 4) is 5.82 Å². The minimum absolute atomic E-state index is 0.0387. The zero-order valence-electron chi connectivity index (χ0n) is 15.5. The van der Waals surface area contributed by atoms with Gasteiger partial charge in [0, 0.05) is 45.3 Å². The van der Waals surface area contributed by atoms with E-state index in [1.807, 2.05) is 11.1 Å². The molecule has 0 radical (unpaired) electrons. The van der Waals surface area contributed by atoms with Gasteiger partial charge < -0.3 is 9.80 Å². The summed E-state index contributed by atoms with van der Waals surface area (Å²) < 4.78 is 1.60. The fourth-order valence-electron chi connectivity index (χ4n) is 3.53. The molecule has 144 valence electrons. The molecule has 10 heteroatoms. The van der Waals surface area contributed by atoms with Crippen molar-refractivity contribution in [2.75, 3.05) is 51.2 Å². The molecule has 2 fully saturated rings. The van der Waals surface area contributed by atoms with Gasteiger partial charge in [-0.05, 0) is 19.9 Å². The summed E-state index contributed by atoms with van der Waals surface area (Å²) in [7, 11) is 2.10. The van der Waals surface area contributed by atoms with E-state index >= 15 is 0 Å². The SMILES string of the molecule is CN1CCN(NC(=O)C2CCCN(c3cc(-n4cncn4)ncn3)C2)CC1. The predicted octanol–water partition coefficient (Wildman–Crippen LogP) is -0.448. The highest BCUT2D eigenvalue weighted by Crippen LogP contribution is 2.22. The van der Waals surface area contributed by atoms with Crippen molar-refractivity contribution >= 4 is 11.7 Å². The summed E-state index contributed by atoms with van der Waals surface area (Å²) in [5.41, 5.74) is 3.10. The minimum atomic E-state index is -0.0387. The minimum Gasteiger partial charge on any atom is -0.356 e. The van der Waals surface area contributed by atoms with Crippen molar-refractivity contribution < 1.29 is 4.79 Å². The molecule has 2 aromatic heterocycles. The van der Waals surface area contributed by atoms with Crippen LogP contribution in [0.15, 0.2) is 25.0 Å². The first-order valence-corrected chi connectivity index (χ1v) is 9.35. The third-order valence-corrected chi connectivity index (χ3v) is 5.18. The van der Waals surface area contributed by atoms with Crippen LogP contribution in [0, 0.1) is 5.92 Å². The topological polar surface area (TPSA) is 95.3 Å². The Morgan fingerprint density at radius 3 is 2.70 bits per heavy atom. The molecular formula is C17H25N9O. The molecule has 1 atom stereocenters. The maximum Gasteiger partial charge on any atom is 0.239 e. The van der Waals surface area contributed by atoms with Crippen LogP contribution in [-0.4, -0.2) is 86.9 Å². The number of rotatable bonds is 4. The predicted molar refractivity (Wildman–Crippen MR) is 99.1 cm³/mol. The number of hydrogen-bond acceptors (Lipinski definition) is 8. The van der Waals surface area contributed by atoms with Crippen molar-refractivity contribution in [2.45, 2.75) is 12.8 Å². The highest BCUT2D eigenvalue weighted by molar-refractivity contribution is 5.79. The normalized spacial score (nSPS) is 22.0. The van der Waals surface area contributed by atoms with Gasteiger partial charge in [0.05, 0.1) is 5.92 Å². The van der Waals surface area contributed by atoms with Gasteiger partial charge in [-0.25, -0.2) is 24.6 Å². The number of aromatic nitrogens is 5. The Balaban J connectivity index is 1.39. The number of nitrogens with zero attached hydrogens (tertiary/aromatic N) is 8. The average Bonchev–Trinajstić information content (AvgIpc) is 3.25. The lowest BCUT2D eigenvalue weighted by Gasteiger charge is -2.36. The van der Waals surface area contributed by atoms with Crippen LogP contribution < -0.4 is 10.3 Å². The third kappa shape index (κ3) is 4.22. The summed E-state index contributed by atoms with van der Waals surface area (Å²) in [5, 5.41) is 6.15. The van der Waals surface area contributed by atoms with Gasteiger partial charge in [0.2, 0.25) is 5.91 Å². The Morgan fingerprint density at radius 1 is 1.11 bits per heavy atom. The van der Waals surface area contributed by atoms with Crippen LogP contribution in [0.25, 0.3) is 5.82 Å². The molecule has 4 heterocycles. The number of amides is 1. The van der Waals surface area contributed by atoms with E-state index < -0.39 is 0 Å². The number of piperidine rings is 1. The van der Waals surface area contributed by atoms with Gasteiger partial charge in [-0.2, -0.15) is 5.10 Å². The van der Waals surface area contributed by atoms with E-state index in [-0.39, 0.29) is 11.8 Å². The molecule has 4 rings (SSSR count). The fourth-order valence-corrected chi connectivity index (χ4v) is 3.53. The van der Waals surface area contributed by atoms with Crippen molar-refractivity contribution in [2.24, 2.45) is 5.92 Å². The smallest absolute Gasteiger partial charge is 0.239 e. The first-order valence-electron chi connectivity index (χ1n) is 9.35. The fraction of sp³-hybridized carbons (Fsp3) is 0.588. The number of carbonyl (C=O) groups excluding carboxylic acids is 1. The summed E-state index contributed by atoms with van der Waals surface area (Å²) in [6.45, 7) is 5.23. The standard InChI is InChI=1S/C17H25N9O/c1-23-5-7-25(8-6-23)22-17(27)14-3-2-4-24(10-14)15-9-16(20-12-19-15)26-13-18-11-21-26/h9,11-14H,2-8,10H2,1H3,(H,22,27). The molecule has 1 amide bonds. The Hall–Kier alpha value is -2.59. The first-order chi connectivity index (χ1) is 13.2. The van der Waals surface area contributed by atoms with Gasteiger partial charge >= 0.3 is 0 Å². The largest absolute Gasteiger partial charge is 0.356 e. The third-order valence-electron chi connectivity index (χ3n) is 5.18. The molecular weight excluding hydrogens is 346 g/mol. The van der Waals surface area contributed by atoms with Crippen molar-refractivity contribution in [3.63, 3.8) is 0 Å². The number of likely N-dealkylation sites (N-methyl/N-ethyl adjacent to an activating group) is 1. The van der Waals surface area contributed by atoms with Gasteiger partial charge in [-0.1, -0.05) is 0 Å². The van der Waals surface area contributed by atoms with Crippen LogP contribution in [0.3, 0.4) is 0 Å². The number of hydrazine groups is 1. The van der Waals surface area contributed by atoms with Gasteiger partial charge in [0.25, 0.3) is 0 Å². The molecule has 2 aliphatic rings. The summed E-state index contributed by atoms with van der Waals surface area (Å²) in [6, 6.07) is 1.88. The zero-order chi connectivity index (χ0) is 18.6. The molecule has 0 aromatic carbocycles. The van der Waals surface area contributed by atoms with E-state index in [9.17, 15) is 4.79 Å². The lowest BCUT2D eigenvalue weighted by molar-refractivity contribution is -0.131. The summed E-state index contributed by atoms with van der Waals surface area (Å²) in [4.78, 5) is 29.8. The molecule has 0 saturated carbocycles. The number of nitrogens with one attached hydrogen (secondary N) is 1. The van der Waals surface area contributed by atoms with Crippen LogP contribution >= 0.6 is 0 Å². The van der Waals surface area contributed by atoms with Crippen molar-refractivity contribution in [1.82, 2.24) is 40.1 Å². The molecule has 2 saturated heterocycles. The number of piperazine rings is 1. The molecule has 1 unspecified atom stereocenters. The van der Waals surface area contributed by atoms with Crippen molar-refractivity contribution in [3.05, 3.63) is 25.0 Å². The maximum atomic E-state index is 12.7. The van der Waals surface area contributed by atoms with E-state index in [2.05, 4.69) is 42.3 Å². The Morgan fingerprint density at radius 2 is 1.93 bits per heavy atom.